The highest BCUT2D eigenvalue weighted by Gasteiger charge is 2.18. The van der Waals surface area contributed by atoms with Crippen LogP contribution in [0.1, 0.15) is 54.9 Å². The van der Waals surface area contributed by atoms with E-state index in [-0.39, 0.29) is 5.91 Å². The maximum atomic E-state index is 12.7. The number of benzene rings is 2. The lowest BCUT2D eigenvalue weighted by atomic mass is 10.1. The van der Waals surface area contributed by atoms with E-state index in [1.807, 2.05) is 35.2 Å². The van der Waals surface area contributed by atoms with Gasteiger partial charge in [-0.1, -0.05) is 48.8 Å². The van der Waals surface area contributed by atoms with Crippen LogP contribution in [-0.2, 0) is 0 Å². The lowest BCUT2D eigenvalue weighted by molar-refractivity contribution is 0.0724. The van der Waals surface area contributed by atoms with Crippen molar-refractivity contribution in [3.8, 4) is 0 Å². The van der Waals surface area contributed by atoms with Gasteiger partial charge in [-0.25, -0.2) is 4.98 Å². The van der Waals surface area contributed by atoms with Crippen LogP contribution in [0.2, 0.25) is 5.02 Å². The molecule has 188 valence electrons. The van der Waals surface area contributed by atoms with Crippen LogP contribution in [-0.4, -0.2) is 33.9 Å². The number of likely N-dealkylation sites (tertiary alicyclic amines) is 1. The van der Waals surface area contributed by atoms with Gasteiger partial charge in [-0.3, -0.25) is 4.79 Å². The molecule has 4 rings (SSSR count). The molecule has 1 aliphatic rings. The number of nitrogens with zero attached hydrogens (tertiary/aromatic N) is 3. The van der Waals surface area contributed by atoms with Crippen molar-refractivity contribution in [3.63, 3.8) is 0 Å². The minimum atomic E-state index is 0.0898. The molecular formula is C28H32ClN5OS. The summed E-state index contributed by atoms with van der Waals surface area (Å²) >= 11 is 8.10. The molecule has 36 heavy (non-hydrogen) atoms. The fourth-order valence-electron chi connectivity index (χ4n) is 3.92. The molecule has 1 saturated heterocycles. The Labute approximate surface area is 222 Å². The molecule has 2 aromatic carbocycles. The third-order valence-corrected chi connectivity index (χ3v) is 7.27. The number of allylic oxidation sites excluding steroid dienone is 1. The molecule has 2 N–H and O–H groups in total. The van der Waals surface area contributed by atoms with Crippen molar-refractivity contribution in [1.82, 2.24) is 14.9 Å². The fourth-order valence-corrected chi connectivity index (χ4v) is 4.88. The Morgan fingerprint density at radius 3 is 2.58 bits per heavy atom. The van der Waals surface area contributed by atoms with Crippen molar-refractivity contribution in [2.45, 2.75) is 50.8 Å². The summed E-state index contributed by atoms with van der Waals surface area (Å²) in [5.74, 6) is 1.03. The zero-order valence-electron chi connectivity index (χ0n) is 20.8. The van der Waals surface area contributed by atoms with Crippen LogP contribution in [0, 0.1) is 6.92 Å². The molecule has 0 unspecified atom stereocenters. The summed E-state index contributed by atoms with van der Waals surface area (Å²) in [7, 11) is 0. The Morgan fingerprint density at radius 2 is 1.83 bits per heavy atom. The Hall–Kier alpha value is -3.03. The highest BCUT2D eigenvalue weighted by molar-refractivity contribution is 8.02. The van der Waals surface area contributed by atoms with Gasteiger partial charge in [0, 0.05) is 34.9 Å². The average molecular weight is 522 g/mol. The van der Waals surface area contributed by atoms with Crippen molar-refractivity contribution >= 4 is 52.4 Å². The van der Waals surface area contributed by atoms with Gasteiger partial charge in [0.15, 0.2) is 5.82 Å². The van der Waals surface area contributed by atoms with Gasteiger partial charge in [0.2, 0.25) is 5.95 Å². The van der Waals surface area contributed by atoms with Crippen LogP contribution < -0.4 is 10.6 Å². The molecule has 1 aliphatic heterocycles. The number of hydrogen-bond acceptors (Lipinski definition) is 6. The quantitative estimate of drug-likeness (QED) is 0.278. The van der Waals surface area contributed by atoms with E-state index in [1.54, 1.807) is 18.0 Å². The molecular weight excluding hydrogens is 490 g/mol. The largest absolute Gasteiger partial charge is 0.339 e. The first-order valence-electron chi connectivity index (χ1n) is 12.4. The SMILES string of the molecule is CCCC=CSc1cc(Nc2nc(Nc3ccc(C(=O)N4CCCCC4)cc3)ncc2Cl)ccc1C. The monoisotopic (exact) mass is 521 g/mol. The van der Waals surface area contributed by atoms with Gasteiger partial charge < -0.3 is 15.5 Å². The molecule has 0 saturated carbocycles. The van der Waals surface area contributed by atoms with E-state index in [1.165, 1.54) is 16.9 Å². The number of carbonyl (C=O) groups excluding carboxylic acids is 1. The summed E-state index contributed by atoms with van der Waals surface area (Å²) in [6, 6.07) is 13.6. The van der Waals surface area contributed by atoms with Gasteiger partial charge in [-0.2, -0.15) is 4.98 Å². The number of piperidine rings is 1. The Balaban J connectivity index is 1.43. The molecule has 1 aromatic heterocycles. The first-order chi connectivity index (χ1) is 17.5. The number of unbranched alkanes of at least 4 members (excludes halogenated alkanes) is 1. The van der Waals surface area contributed by atoms with Gasteiger partial charge in [0.05, 0.1) is 6.20 Å². The normalized spacial score (nSPS) is 13.7. The standard InChI is InChI=1S/C28H32ClN5OS/c1-3-4-8-17-36-25-18-23(12-9-20(25)2)31-26-24(29)19-30-28(33-26)32-22-13-10-21(11-14-22)27(35)34-15-6-5-7-16-34/h8-14,17-19H,3-7,15-16H2,1-2H3,(H2,30,31,32,33). The van der Waals surface area contributed by atoms with Gasteiger partial charge in [0.1, 0.15) is 5.02 Å². The summed E-state index contributed by atoms with van der Waals surface area (Å²) in [6.45, 7) is 5.95. The second kappa shape index (κ2) is 12.8. The van der Waals surface area contributed by atoms with Crippen LogP contribution in [0.3, 0.4) is 0 Å². The van der Waals surface area contributed by atoms with E-state index >= 15 is 0 Å². The molecule has 1 amide bonds. The summed E-state index contributed by atoms with van der Waals surface area (Å²) in [6.07, 6.45) is 9.34. The predicted molar refractivity (Wildman–Crippen MR) is 151 cm³/mol. The van der Waals surface area contributed by atoms with E-state index in [4.69, 9.17) is 11.6 Å². The van der Waals surface area contributed by atoms with Crippen LogP contribution in [0.25, 0.3) is 0 Å². The minimum Gasteiger partial charge on any atom is -0.339 e. The predicted octanol–water partition coefficient (Wildman–Crippen LogP) is 7.96. The highest BCUT2D eigenvalue weighted by atomic mass is 35.5. The zero-order chi connectivity index (χ0) is 25.3. The third kappa shape index (κ3) is 7.02. The summed E-state index contributed by atoms with van der Waals surface area (Å²) in [5.41, 5.74) is 3.61. The lowest BCUT2D eigenvalue weighted by Crippen LogP contribution is -2.35. The lowest BCUT2D eigenvalue weighted by Gasteiger charge is -2.26. The Kier molecular flexibility index (Phi) is 9.25. The number of rotatable bonds is 9. The highest BCUT2D eigenvalue weighted by Crippen LogP contribution is 2.30. The van der Waals surface area contributed by atoms with Crippen LogP contribution >= 0.6 is 23.4 Å². The van der Waals surface area contributed by atoms with Crippen molar-refractivity contribution < 1.29 is 4.79 Å². The van der Waals surface area contributed by atoms with Crippen LogP contribution in [0.5, 0.6) is 0 Å². The number of anilines is 4. The van der Waals surface area contributed by atoms with E-state index < -0.39 is 0 Å². The number of hydrogen-bond donors (Lipinski definition) is 2. The number of aromatic nitrogens is 2. The molecule has 1 fully saturated rings. The zero-order valence-corrected chi connectivity index (χ0v) is 22.3. The number of aryl methyl sites for hydroxylation is 1. The summed E-state index contributed by atoms with van der Waals surface area (Å²) in [4.78, 5) is 24.7. The Morgan fingerprint density at radius 1 is 1.08 bits per heavy atom. The molecule has 0 spiro atoms. The van der Waals surface area contributed by atoms with E-state index in [9.17, 15) is 4.79 Å². The summed E-state index contributed by atoms with van der Waals surface area (Å²) < 4.78 is 0. The molecule has 6 nitrogen and oxygen atoms in total. The van der Waals surface area contributed by atoms with E-state index in [2.05, 4.69) is 58.1 Å². The minimum absolute atomic E-state index is 0.0898. The van der Waals surface area contributed by atoms with Gasteiger partial charge in [-0.15, -0.1) is 0 Å². The van der Waals surface area contributed by atoms with Crippen molar-refractivity contribution in [2.24, 2.45) is 0 Å². The van der Waals surface area contributed by atoms with Gasteiger partial charge in [-0.05, 0) is 80.0 Å². The number of halogens is 1. The molecule has 8 heteroatoms. The van der Waals surface area contributed by atoms with Gasteiger partial charge in [0.25, 0.3) is 5.91 Å². The molecule has 0 aliphatic carbocycles. The molecule has 3 aromatic rings. The number of carbonyl (C=O) groups is 1. The molecule has 0 atom stereocenters. The second-order valence-electron chi connectivity index (χ2n) is 8.83. The number of thioether (sulfide) groups is 1. The van der Waals surface area contributed by atoms with Crippen molar-refractivity contribution in [1.29, 1.82) is 0 Å². The number of amides is 1. The second-order valence-corrected chi connectivity index (χ2v) is 10.2. The first-order valence-corrected chi connectivity index (χ1v) is 13.7. The molecule has 0 radical (unpaired) electrons. The Bertz CT molecular complexity index is 1210. The maximum absolute atomic E-state index is 12.7. The molecule has 2 heterocycles. The summed E-state index contributed by atoms with van der Waals surface area (Å²) in [5, 5.41) is 9.09. The smallest absolute Gasteiger partial charge is 0.253 e. The maximum Gasteiger partial charge on any atom is 0.253 e. The average Bonchev–Trinajstić information content (AvgIpc) is 2.91. The number of nitrogens with one attached hydrogen (secondary N) is 2. The molecule has 0 bridgehead atoms. The fraction of sp³-hybridized carbons (Fsp3) is 0.321. The topological polar surface area (TPSA) is 70.2 Å². The third-order valence-electron chi connectivity index (χ3n) is 5.97. The van der Waals surface area contributed by atoms with E-state index in [0.717, 1.165) is 50.1 Å². The van der Waals surface area contributed by atoms with Crippen molar-refractivity contribution in [2.75, 3.05) is 23.7 Å². The first kappa shape index (κ1) is 26.0. The van der Waals surface area contributed by atoms with E-state index in [0.29, 0.717) is 22.4 Å². The van der Waals surface area contributed by atoms with Crippen molar-refractivity contribution in [3.05, 3.63) is 76.3 Å². The van der Waals surface area contributed by atoms with Crippen LogP contribution in [0.4, 0.5) is 23.1 Å². The van der Waals surface area contributed by atoms with Gasteiger partial charge >= 0.3 is 0 Å². The van der Waals surface area contributed by atoms with Crippen LogP contribution in [0.15, 0.2) is 65.0 Å².